The van der Waals surface area contributed by atoms with Crippen LogP contribution in [0.25, 0.3) is 0 Å². The molecule has 1 atom stereocenters. The summed E-state index contributed by atoms with van der Waals surface area (Å²) >= 11 is 0. The second kappa shape index (κ2) is 8.93. The lowest BCUT2D eigenvalue weighted by molar-refractivity contribution is -0.123. The second-order valence-electron chi connectivity index (χ2n) is 6.26. The Bertz CT molecular complexity index is 1050. The van der Waals surface area contributed by atoms with Crippen LogP contribution in [0.15, 0.2) is 78.9 Å². The molecule has 1 amide bonds. The van der Waals surface area contributed by atoms with Crippen LogP contribution in [0.4, 0.5) is 10.1 Å². The Morgan fingerprint density at radius 1 is 0.828 bits per heavy atom. The third-order valence-electron chi connectivity index (χ3n) is 4.21. The highest BCUT2D eigenvalue weighted by molar-refractivity contribution is 6.14. The summed E-state index contributed by atoms with van der Waals surface area (Å²) in [6, 6.07) is 20.4. The van der Waals surface area contributed by atoms with Crippen molar-refractivity contribution in [3.05, 3.63) is 101 Å². The second-order valence-corrected chi connectivity index (χ2v) is 6.26. The fourth-order valence-corrected chi connectivity index (χ4v) is 2.68. The number of carbonyl (C=O) groups is 3. The zero-order chi connectivity index (χ0) is 20.8. The number of esters is 1. The molecule has 0 saturated heterocycles. The van der Waals surface area contributed by atoms with Crippen molar-refractivity contribution in [3.63, 3.8) is 0 Å². The average molecular weight is 391 g/mol. The van der Waals surface area contributed by atoms with E-state index in [-0.39, 0.29) is 22.6 Å². The Labute approximate surface area is 167 Å². The lowest BCUT2D eigenvalue weighted by atomic mass is 9.98. The van der Waals surface area contributed by atoms with Crippen LogP contribution in [-0.2, 0) is 9.53 Å². The van der Waals surface area contributed by atoms with E-state index in [2.05, 4.69) is 5.32 Å². The van der Waals surface area contributed by atoms with Gasteiger partial charge in [0.05, 0.1) is 11.3 Å². The van der Waals surface area contributed by atoms with Crippen LogP contribution in [-0.4, -0.2) is 23.8 Å². The fourth-order valence-electron chi connectivity index (χ4n) is 2.68. The number of ether oxygens (including phenoxy) is 1. The molecular weight excluding hydrogens is 373 g/mol. The highest BCUT2D eigenvalue weighted by atomic mass is 19.1. The summed E-state index contributed by atoms with van der Waals surface area (Å²) in [5.74, 6) is -2.43. The van der Waals surface area contributed by atoms with Crippen LogP contribution in [0.2, 0.25) is 0 Å². The van der Waals surface area contributed by atoms with Gasteiger partial charge in [0.25, 0.3) is 5.91 Å². The molecule has 3 aromatic rings. The molecule has 0 saturated carbocycles. The molecule has 1 N–H and O–H groups in total. The number of hydrogen-bond acceptors (Lipinski definition) is 4. The molecule has 0 radical (unpaired) electrons. The van der Waals surface area contributed by atoms with Crippen molar-refractivity contribution in [2.75, 3.05) is 5.32 Å². The zero-order valence-corrected chi connectivity index (χ0v) is 15.6. The number of halogens is 1. The van der Waals surface area contributed by atoms with Crippen LogP contribution in [0, 0.1) is 5.82 Å². The molecule has 5 nitrogen and oxygen atoms in total. The number of nitrogens with one attached hydrogen (secondary N) is 1. The molecule has 0 bridgehead atoms. The predicted molar refractivity (Wildman–Crippen MR) is 106 cm³/mol. The molecule has 0 aromatic heterocycles. The minimum atomic E-state index is -1.19. The topological polar surface area (TPSA) is 72.5 Å². The lowest BCUT2D eigenvalue weighted by Gasteiger charge is -2.15. The minimum absolute atomic E-state index is 0.0138. The van der Waals surface area contributed by atoms with Crippen LogP contribution in [0.3, 0.4) is 0 Å². The van der Waals surface area contributed by atoms with Gasteiger partial charge in [0.2, 0.25) is 0 Å². The van der Waals surface area contributed by atoms with E-state index in [1.165, 1.54) is 37.3 Å². The third kappa shape index (κ3) is 4.73. The number of para-hydroxylation sites is 1. The summed E-state index contributed by atoms with van der Waals surface area (Å²) in [5, 5.41) is 2.37. The Balaban J connectivity index is 1.75. The molecule has 0 aliphatic rings. The largest absolute Gasteiger partial charge is 0.449 e. The third-order valence-corrected chi connectivity index (χ3v) is 4.21. The molecule has 146 valence electrons. The maximum Gasteiger partial charge on any atom is 0.339 e. The molecule has 29 heavy (non-hydrogen) atoms. The first kappa shape index (κ1) is 19.9. The quantitative estimate of drug-likeness (QED) is 0.504. The van der Waals surface area contributed by atoms with Gasteiger partial charge in [0, 0.05) is 11.1 Å². The molecule has 0 unspecified atom stereocenters. The van der Waals surface area contributed by atoms with Crippen molar-refractivity contribution in [3.8, 4) is 0 Å². The Morgan fingerprint density at radius 3 is 2.10 bits per heavy atom. The van der Waals surface area contributed by atoms with E-state index in [9.17, 15) is 18.8 Å². The smallest absolute Gasteiger partial charge is 0.339 e. The monoisotopic (exact) mass is 391 g/mol. The van der Waals surface area contributed by atoms with E-state index < -0.39 is 23.8 Å². The van der Waals surface area contributed by atoms with Gasteiger partial charge in [-0.15, -0.1) is 0 Å². The molecule has 0 aliphatic carbocycles. The van der Waals surface area contributed by atoms with E-state index in [0.29, 0.717) is 5.56 Å². The van der Waals surface area contributed by atoms with E-state index >= 15 is 0 Å². The van der Waals surface area contributed by atoms with E-state index in [4.69, 9.17) is 4.74 Å². The molecule has 0 fully saturated rings. The molecule has 3 rings (SSSR count). The summed E-state index contributed by atoms with van der Waals surface area (Å²) in [7, 11) is 0. The highest BCUT2D eigenvalue weighted by Gasteiger charge is 2.23. The molecule has 6 heteroatoms. The first-order chi connectivity index (χ1) is 14.0. The van der Waals surface area contributed by atoms with Gasteiger partial charge in [-0.1, -0.05) is 60.7 Å². The summed E-state index contributed by atoms with van der Waals surface area (Å²) in [4.78, 5) is 37.6. The van der Waals surface area contributed by atoms with Gasteiger partial charge < -0.3 is 10.1 Å². The Hall–Kier alpha value is -3.80. The number of anilines is 1. The van der Waals surface area contributed by atoms with Crippen LogP contribution in [0.5, 0.6) is 0 Å². The maximum atomic E-state index is 13.7. The molecule has 3 aromatic carbocycles. The fraction of sp³-hybridized carbons (Fsp3) is 0.0870. The SMILES string of the molecule is C[C@H](OC(=O)c1ccccc1C(=O)c1ccccc1)C(=O)Nc1ccccc1F. The van der Waals surface area contributed by atoms with Crippen molar-refractivity contribution in [2.45, 2.75) is 13.0 Å². The zero-order valence-electron chi connectivity index (χ0n) is 15.6. The number of amides is 1. The van der Waals surface area contributed by atoms with Gasteiger partial charge >= 0.3 is 5.97 Å². The van der Waals surface area contributed by atoms with E-state index in [0.717, 1.165) is 0 Å². The molecule has 0 aliphatic heterocycles. The maximum absolute atomic E-state index is 13.7. The van der Waals surface area contributed by atoms with Gasteiger partial charge in [-0.25, -0.2) is 9.18 Å². The minimum Gasteiger partial charge on any atom is -0.449 e. The standard InChI is InChI=1S/C23H18FNO4/c1-15(22(27)25-20-14-8-7-13-19(20)24)29-23(28)18-12-6-5-11-17(18)21(26)16-9-3-2-4-10-16/h2-15H,1H3,(H,25,27)/t15-/m0/s1. The van der Waals surface area contributed by atoms with Crippen LogP contribution >= 0.6 is 0 Å². The lowest BCUT2D eigenvalue weighted by Crippen LogP contribution is -2.30. The van der Waals surface area contributed by atoms with Crippen molar-refractivity contribution < 1.29 is 23.5 Å². The van der Waals surface area contributed by atoms with Gasteiger partial charge in [0.15, 0.2) is 11.9 Å². The first-order valence-electron chi connectivity index (χ1n) is 8.92. The van der Waals surface area contributed by atoms with Gasteiger partial charge in [0.1, 0.15) is 5.82 Å². The van der Waals surface area contributed by atoms with Crippen molar-refractivity contribution in [2.24, 2.45) is 0 Å². The Kier molecular flexibility index (Phi) is 6.14. The average Bonchev–Trinajstić information content (AvgIpc) is 2.75. The summed E-state index contributed by atoms with van der Waals surface area (Å²) in [6.45, 7) is 1.37. The highest BCUT2D eigenvalue weighted by Crippen LogP contribution is 2.17. The van der Waals surface area contributed by atoms with Gasteiger partial charge in [-0.2, -0.15) is 0 Å². The van der Waals surface area contributed by atoms with Gasteiger partial charge in [-0.05, 0) is 25.1 Å². The summed E-state index contributed by atoms with van der Waals surface area (Å²) < 4.78 is 18.9. The van der Waals surface area contributed by atoms with E-state index in [1.54, 1.807) is 48.5 Å². The van der Waals surface area contributed by atoms with Gasteiger partial charge in [-0.3, -0.25) is 9.59 Å². The summed E-state index contributed by atoms with van der Waals surface area (Å²) in [5.41, 5.74) is 0.635. The van der Waals surface area contributed by atoms with Crippen molar-refractivity contribution in [1.82, 2.24) is 0 Å². The summed E-state index contributed by atoms with van der Waals surface area (Å²) in [6.07, 6.45) is -1.19. The number of hydrogen-bond donors (Lipinski definition) is 1. The first-order valence-corrected chi connectivity index (χ1v) is 8.92. The number of ketones is 1. The van der Waals surface area contributed by atoms with Crippen molar-refractivity contribution in [1.29, 1.82) is 0 Å². The normalized spacial score (nSPS) is 11.4. The Morgan fingerprint density at radius 2 is 1.41 bits per heavy atom. The number of carbonyl (C=O) groups excluding carboxylic acids is 3. The number of rotatable bonds is 6. The molecule has 0 spiro atoms. The molecular formula is C23H18FNO4. The predicted octanol–water partition coefficient (Wildman–Crippen LogP) is 4.24. The van der Waals surface area contributed by atoms with Crippen molar-refractivity contribution >= 4 is 23.3 Å². The van der Waals surface area contributed by atoms with Crippen LogP contribution < -0.4 is 5.32 Å². The molecule has 0 heterocycles. The van der Waals surface area contributed by atoms with E-state index in [1.807, 2.05) is 0 Å². The number of benzene rings is 3. The van der Waals surface area contributed by atoms with Crippen LogP contribution in [0.1, 0.15) is 33.2 Å².